The third-order valence-corrected chi connectivity index (χ3v) is 18.2. The fraction of sp³-hybridized carbons (Fsp3) is 0.541. The Balaban J connectivity index is -0.000000276. The quantitative estimate of drug-likeness (QED) is 0.0269. The van der Waals surface area contributed by atoms with E-state index in [1.807, 2.05) is 112 Å². The molecule has 0 aliphatic carbocycles. The Hall–Kier alpha value is -0.803. The zero-order valence-electron chi connectivity index (χ0n) is 55.6. The van der Waals surface area contributed by atoms with Crippen LogP contribution in [0.4, 0.5) is 34.9 Å². The molecule has 32 heteroatoms. The summed E-state index contributed by atoms with van der Waals surface area (Å²) >= 11 is 9.17. The standard InChI is InChI=1S/C21H32N4O2Si.C20H29BrN4O2Si.C13H24N4OSi.C2H3N.3CH2I.2CH4.BH2O2.3V.W/c1-17-14-22-20-21(23-17)24(15-18-6-8-19(26-2)9-7-18)10-11-25(20)16-27-12-13-28(3,4)5;1-26-17-7-5-16(6-8-17)14-24-9-10-25(15-27-11-12-28(2,3)4)19-20(24)23-18(21)13-22-19;1-11-9-15-13-12(16-11)14-5-6-17(13)10-18-7-8-19(2,3)4;1-2-3;3*1-2;;;2-1-3;;;;/h6-9,14H,10-13,15-16H2,1-5H3;5-8,13H,9-12,14-15H2,1-4H3;9H,5-8,10H2,1-4H3,(H,14,16);1H3;3*1H2;2*1H4;2-3H;;;;/q;;;;3*-1;;;;;;;. The zero-order valence-corrected chi connectivity index (χ0v) is 73.8. The van der Waals surface area contributed by atoms with Crippen molar-refractivity contribution in [2.24, 2.45) is 0 Å². The van der Waals surface area contributed by atoms with Gasteiger partial charge < -0.3 is 131 Å². The fourth-order valence-electron chi connectivity index (χ4n) is 8.07. The SMILES string of the molecule is C.C.CC#N.COc1ccc(CN2CCN(COCC[Si](C)(C)C)c3ncc(Br)nc32)cc1.COc1ccc(CN2CCN(COCC[Si](C)(C)C)c3ncc(C)nc32)cc1.Cc1cnc2c(n1)NCCN2COCC[Si](C)(C)C.O[B]O.[CH2-]I.[CH2-]I.[CH2-]I.[V].[V].[V].[W]. The number of fused-ring (bicyclic) bond motifs is 3. The van der Waals surface area contributed by atoms with Gasteiger partial charge in [-0.25, -0.2) is 29.9 Å². The van der Waals surface area contributed by atoms with Gasteiger partial charge in [0.05, 0.1) is 50.3 Å². The van der Waals surface area contributed by atoms with Crippen molar-refractivity contribution in [3.8, 4) is 17.6 Å². The van der Waals surface area contributed by atoms with Gasteiger partial charge in [0, 0.05) is 180 Å². The summed E-state index contributed by atoms with van der Waals surface area (Å²) in [5, 5.41) is 24.6. The van der Waals surface area contributed by atoms with Crippen molar-refractivity contribution in [3.63, 3.8) is 0 Å². The molecule has 4 radical (unpaired) electrons. The number of hydrogen-bond donors (Lipinski definition) is 3. The summed E-state index contributed by atoms with van der Waals surface area (Å²) < 4.78 is 29.0. The molecule has 3 aliphatic heterocycles. The van der Waals surface area contributed by atoms with Crippen molar-refractivity contribution in [1.29, 1.82) is 5.26 Å². The van der Waals surface area contributed by atoms with Crippen molar-refractivity contribution in [2.75, 3.05) is 123 Å². The molecule has 6 heterocycles. The summed E-state index contributed by atoms with van der Waals surface area (Å²) in [5.74, 6) is 7.16. The minimum Gasteiger partial charge on any atom is -0.497 e. The van der Waals surface area contributed by atoms with Crippen molar-refractivity contribution < 1.29 is 110 Å². The number of rotatable bonds is 21. The number of nitrogens with one attached hydrogen (secondary N) is 1. The van der Waals surface area contributed by atoms with Crippen LogP contribution in [0.2, 0.25) is 77.1 Å². The molecule has 0 spiro atoms. The Bertz CT molecular complexity index is 2580. The number of nitriles is 1. The molecule has 3 aliphatic rings. The molecule has 5 aromatic rings. The van der Waals surface area contributed by atoms with Gasteiger partial charge in [-0.2, -0.15) is 5.26 Å². The third kappa shape index (κ3) is 42.8. The first-order valence-electron chi connectivity index (χ1n) is 28.4. The van der Waals surface area contributed by atoms with Crippen LogP contribution in [0.3, 0.4) is 0 Å². The maximum atomic E-state index is 7.32. The van der Waals surface area contributed by atoms with E-state index in [9.17, 15) is 0 Å². The van der Waals surface area contributed by atoms with Crippen LogP contribution in [0.5, 0.6) is 11.5 Å². The summed E-state index contributed by atoms with van der Waals surface area (Å²) in [7, 11) is 0.214. The molecule has 8 rings (SSSR count). The van der Waals surface area contributed by atoms with Gasteiger partial charge in [0.25, 0.3) is 0 Å². The van der Waals surface area contributed by atoms with Gasteiger partial charge >= 0.3 is 7.69 Å². The van der Waals surface area contributed by atoms with E-state index >= 15 is 0 Å². The van der Waals surface area contributed by atoms with Crippen LogP contribution >= 0.6 is 83.7 Å². The normalized spacial score (nSPS) is 12.0. The Morgan fingerprint density at radius 1 is 0.548 bits per heavy atom. The Morgan fingerprint density at radius 3 is 1.22 bits per heavy atom. The van der Waals surface area contributed by atoms with Crippen LogP contribution < -0.4 is 39.3 Å². The third-order valence-electron chi connectivity index (χ3n) is 12.7. The van der Waals surface area contributed by atoms with Crippen LogP contribution in [0.1, 0.15) is 44.3 Å². The molecule has 93 heavy (non-hydrogen) atoms. The van der Waals surface area contributed by atoms with Crippen LogP contribution in [-0.4, -0.2) is 165 Å². The van der Waals surface area contributed by atoms with Gasteiger partial charge in [-0.1, -0.05) is 98.0 Å². The van der Waals surface area contributed by atoms with E-state index in [1.54, 1.807) is 32.7 Å². The summed E-state index contributed by atoms with van der Waals surface area (Å²) in [6, 6.07) is 21.7. The van der Waals surface area contributed by atoms with Gasteiger partial charge in [0.1, 0.15) is 36.3 Å². The van der Waals surface area contributed by atoms with Gasteiger partial charge in [0.15, 0.2) is 34.9 Å². The first-order chi connectivity index (χ1) is 41.5. The Kier molecular flexibility index (Phi) is 64.3. The predicted molar refractivity (Wildman–Crippen MR) is 412 cm³/mol. The number of hydrogen-bond acceptors (Lipinski definition) is 20. The van der Waals surface area contributed by atoms with Crippen LogP contribution in [0.25, 0.3) is 0 Å². The number of nitrogens with zero attached hydrogens (tertiary/aromatic N) is 12. The molecule has 3 aromatic heterocycles. The van der Waals surface area contributed by atoms with E-state index in [4.69, 9.17) is 49.0 Å². The van der Waals surface area contributed by atoms with E-state index in [2.05, 4.69) is 164 Å². The Morgan fingerprint density at radius 2 is 0.860 bits per heavy atom. The summed E-state index contributed by atoms with van der Waals surface area (Å²) in [4.78, 5) is 48.5. The van der Waals surface area contributed by atoms with Crippen LogP contribution in [-0.2, 0) is 104 Å². The number of methoxy groups -OCH3 is 2. The van der Waals surface area contributed by atoms with Crippen molar-refractivity contribution in [1.82, 2.24) is 29.9 Å². The van der Waals surface area contributed by atoms with Crippen LogP contribution in [0, 0.1) is 40.0 Å². The molecule has 0 amide bonds. The second-order valence-electron chi connectivity index (χ2n) is 23.3. The van der Waals surface area contributed by atoms with Crippen molar-refractivity contribution in [3.05, 3.63) is 109 Å². The van der Waals surface area contributed by atoms with Crippen LogP contribution in [0.15, 0.2) is 71.7 Å². The largest absolute Gasteiger partial charge is 0.497 e. The average Bonchev–Trinajstić information content (AvgIpc) is 0.813. The van der Waals surface area contributed by atoms with E-state index in [-0.39, 0.29) is 99.3 Å². The fourth-order valence-corrected chi connectivity index (χ4v) is 10.6. The first kappa shape index (κ1) is 103. The maximum Gasteiger partial charge on any atom is 0.482 e. The van der Waals surface area contributed by atoms with E-state index in [0.29, 0.717) is 20.2 Å². The summed E-state index contributed by atoms with van der Waals surface area (Å²) in [6.07, 6.45) is 5.40. The maximum absolute atomic E-state index is 7.32. The minimum atomic E-state index is -1.08. The topological polar surface area (TPSA) is 216 Å². The molecule has 20 nitrogen and oxygen atoms in total. The molecule has 0 bridgehead atoms. The van der Waals surface area contributed by atoms with Gasteiger partial charge in [-0.3, -0.25) is 14.8 Å². The number of aryl methyl sites for hydroxylation is 2. The number of benzene rings is 2. The monoisotopic (exact) mass is 2020 g/mol. The molecule has 0 atom stereocenters. The second-order valence-corrected chi connectivity index (χ2v) is 41.0. The molecule has 522 valence electrons. The Labute approximate surface area is 664 Å². The molecular weight excluding hydrogens is 1920 g/mol. The van der Waals surface area contributed by atoms with Gasteiger partial charge in [0.2, 0.25) is 0 Å². The molecule has 0 saturated carbocycles. The molecule has 0 fully saturated rings. The predicted octanol–water partition coefficient (Wildman–Crippen LogP) is 14.6. The molecule has 0 saturated heterocycles. The number of ether oxygens (including phenoxy) is 5. The smallest absolute Gasteiger partial charge is 0.482 e. The zero-order chi connectivity index (χ0) is 65.6. The van der Waals surface area contributed by atoms with E-state index < -0.39 is 24.2 Å². The second kappa shape index (κ2) is 57.9. The summed E-state index contributed by atoms with van der Waals surface area (Å²) in [5.41, 5.74) is 4.32. The van der Waals surface area contributed by atoms with E-state index in [0.717, 1.165) is 135 Å². The molecular formula is C61H104BBrI3N13O7Si3V3W-3. The van der Waals surface area contributed by atoms with Gasteiger partial charge in [-0.15, -0.1) is 0 Å². The molecule has 0 unspecified atom stereocenters. The van der Waals surface area contributed by atoms with Gasteiger partial charge in [-0.05, 0) is 83.3 Å². The minimum absolute atomic E-state index is 0. The average molecular weight is 2020 g/mol. The number of halogens is 4. The van der Waals surface area contributed by atoms with Crippen molar-refractivity contribution in [2.45, 2.75) is 126 Å². The molecule has 2 aromatic carbocycles. The van der Waals surface area contributed by atoms with Crippen molar-refractivity contribution >= 4 is 151 Å². The number of aromatic nitrogens is 6. The van der Waals surface area contributed by atoms with E-state index in [1.165, 1.54) is 36.2 Å². The molecule has 3 N–H and O–H groups in total. The first-order valence-corrected chi connectivity index (χ1v) is 44.9. The number of anilines is 6. The summed E-state index contributed by atoms with van der Waals surface area (Å²) in [6.45, 7) is 37.8.